The maximum absolute atomic E-state index is 5.65. The van der Waals surface area contributed by atoms with Crippen LogP contribution in [0.4, 0.5) is 0 Å². The molecule has 1 aliphatic heterocycles. The van der Waals surface area contributed by atoms with Crippen molar-refractivity contribution >= 4 is 11.8 Å². The molecule has 0 spiro atoms. The molecule has 0 aromatic rings. The quantitative estimate of drug-likeness (QED) is 0.583. The molecule has 2 heteroatoms. The van der Waals surface area contributed by atoms with Crippen molar-refractivity contribution < 1.29 is 4.74 Å². The number of thioether (sulfide) groups is 1. The second-order valence-electron chi connectivity index (χ2n) is 3.05. The van der Waals surface area contributed by atoms with Gasteiger partial charge >= 0.3 is 0 Å². The van der Waals surface area contributed by atoms with E-state index in [1.807, 2.05) is 11.8 Å². The second-order valence-corrected chi connectivity index (χ2v) is 4.96. The zero-order chi connectivity index (χ0) is 7.61. The summed E-state index contributed by atoms with van der Waals surface area (Å²) in [6, 6.07) is 0. The number of ether oxygens (including phenoxy) is 1. The SMILES string of the molecule is CCC1(C)OCCC(C)S1. The van der Waals surface area contributed by atoms with E-state index in [9.17, 15) is 0 Å². The maximum atomic E-state index is 5.65. The van der Waals surface area contributed by atoms with Gasteiger partial charge in [0.1, 0.15) is 4.93 Å². The van der Waals surface area contributed by atoms with Crippen LogP contribution >= 0.6 is 11.8 Å². The van der Waals surface area contributed by atoms with Crippen LogP contribution in [0.1, 0.15) is 33.6 Å². The van der Waals surface area contributed by atoms with Crippen LogP contribution in [-0.2, 0) is 4.74 Å². The lowest BCUT2D eigenvalue weighted by molar-refractivity contribution is 0.0259. The van der Waals surface area contributed by atoms with Gasteiger partial charge in [0, 0.05) is 11.9 Å². The van der Waals surface area contributed by atoms with Crippen molar-refractivity contribution in [3.8, 4) is 0 Å². The van der Waals surface area contributed by atoms with Crippen molar-refractivity contribution in [2.45, 2.75) is 43.8 Å². The Kier molecular flexibility index (Phi) is 2.64. The molecule has 1 rings (SSSR count). The van der Waals surface area contributed by atoms with Crippen LogP contribution in [0.3, 0.4) is 0 Å². The Morgan fingerprint density at radius 3 is 2.80 bits per heavy atom. The van der Waals surface area contributed by atoms with Gasteiger partial charge in [-0.3, -0.25) is 0 Å². The van der Waals surface area contributed by atoms with Gasteiger partial charge in [-0.25, -0.2) is 0 Å². The monoisotopic (exact) mass is 160 g/mol. The van der Waals surface area contributed by atoms with Gasteiger partial charge in [0.15, 0.2) is 0 Å². The third-order valence-corrected chi connectivity index (χ3v) is 3.57. The van der Waals surface area contributed by atoms with Crippen LogP contribution in [0.5, 0.6) is 0 Å². The molecule has 0 N–H and O–H groups in total. The summed E-state index contributed by atoms with van der Waals surface area (Å²) in [5, 5.41) is 0.777. The summed E-state index contributed by atoms with van der Waals surface area (Å²) >= 11 is 1.97. The van der Waals surface area contributed by atoms with E-state index in [2.05, 4.69) is 20.8 Å². The van der Waals surface area contributed by atoms with E-state index in [0.717, 1.165) is 18.3 Å². The first-order valence-electron chi connectivity index (χ1n) is 3.98. The molecule has 1 heterocycles. The lowest BCUT2D eigenvalue weighted by Gasteiger charge is -2.35. The Morgan fingerprint density at radius 1 is 1.70 bits per heavy atom. The van der Waals surface area contributed by atoms with Crippen LogP contribution in [-0.4, -0.2) is 16.8 Å². The van der Waals surface area contributed by atoms with Crippen LogP contribution in [0.25, 0.3) is 0 Å². The summed E-state index contributed by atoms with van der Waals surface area (Å²) in [7, 11) is 0. The normalized spacial score (nSPS) is 41.7. The van der Waals surface area contributed by atoms with Crippen molar-refractivity contribution in [2.24, 2.45) is 0 Å². The van der Waals surface area contributed by atoms with Crippen molar-refractivity contribution in [1.29, 1.82) is 0 Å². The van der Waals surface area contributed by atoms with Gasteiger partial charge in [-0.05, 0) is 19.8 Å². The Morgan fingerprint density at radius 2 is 2.40 bits per heavy atom. The maximum Gasteiger partial charge on any atom is 0.110 e. The lowest BCUT2D eigenvalue weighted by Crippen LogP contribution is -2.31. The zero-order valence-electron chi connectivity index (χ0n) is 7.02. The van der Waals surface area contributed by atoms with Crippen molar-refractivity contribution in [3.05, 3.63) is 0 Å². The Labute approximate surface area is 67.5 Å². The molecule has 1 nitrogen and oxygen atoms in total. The van der Waals surface area contributed by atoms with E-state index < -0.39 is 0 Å². The summed E-state index contributed by atoms with van der Waals surface area (Å²) in [4.78, 5) is 0.109. The van der Waals surface area contributed by atoms with Gasteiger partial charge in [-0.2, -0.15) is 0 Å². The first-order chi connectivity index (χ1) is 4.66. The largest absolute Gasteiger partial charge is 0.365 e. The van der Waals surface area contributed by atoms with E-state index >= 15 is 0 Å². The Balaban J connectivity index is 2.45. The first kappa shape index (κ1) is 8.41. The fourth-order valence-corrected chi connectivity index (χ4v) is 2.53. The minimum absolute atomic E-state index is 0.109. The van der Waals surface area contributed by atoms with Gasteiger partial charge in [-0.15, -0.1) is 11.8 Å². The van der Waals surface area contributed by atoms with Gasteiger partial charge in [0.2, 0.25) is 0 Å². The molecule has 0 bridgehead atoms. The van der Waals surface area contributed by atoms with Gasteiger partial charge in [0.25, 0.3) is 0 Å². The molecule has 0 radical (unpaired) electrons. The summed E-state index contributed by atoms with van der Waals surface area (Å²) in [6.07, 6.45) is 2.32. The predicted molar refractivity (Wildman–Crippen MR) is 46.3 cm³/mol. The molecule has 0 aromatic carbocycles. The summed E-state index contributed by atoms with van der Waals surface area (Å²) in [6.45, 7) is 7.60. The lowest BCUT2D eigenvalue weighted by atomic mass is 10.3. The molecule has 10 heavy (non-hydrogen) atoms. The number of hydrogen-bond donors (Lipinski definition) is 0. The molecule has 2 unspecified atom stereocenters. The van der Waals surface area contributed by atoms with E-state index in [1.165, 1.54) is 6.42 Å². The molecular formula is C8H16OS. The molecule has 2 atom stereocenters. The fraction of sp³-hybridized carbons (Fsp3) is 1.00. The minimum Gasteiger partial charge on any atom is -0.365 e. The minimum atomic E-state index is 0.109. The number of hydrogen-bond acceptors (Lipinski definition) is 2. The Hall–Kier alpha value is 0.310. The molecule has 0 aliphatic carbocycles. The molecule has 60 valence electrons. The first-order valence-corrected chi connectivity index (χ1v) is 4.86. The molecular weight excluding hydrogens is 144 g/mol. The van der Waals surface area contributed by atoms with Gasteiger partial charge in [-0.1, -0.05) is 13.8 Å². The van der Waals surface area contributed by atoms with Crippen LogP contribution < -0.4 is 0 Å². The standard InChI is InChI=1S/C8H16OS/c1-4-8(3)9-6-5-7(2)10-8/h7H,4-6H2,1-3H3. The topological polar surface area (TPSA) is 9.23 Å². The van der Waals surface area contributed by atoms with Gasteiger partial charge < -0.3 is 4.74 Å². The van der Waals surface area contributed by atoms with Crippen LogP contribution in [0.15, 0.2) is 0 Å². The van der Waals surface area contributed by atoms with Gasteiger partial charge in [0.05, 0.1) is 0 Å². The second kappa shape index (κ2) is 3.14. The fourth-order valence-electron chi connectivity index (χ4n) is 1.14. The highest BCUT2D eigenvalue weighted by atomic mass is 32.2. The third-order valence-electron chi connectivity index (χ3n) is 2.02. The van der Waals surface area contributed by atoms with E-state index in [1.54, 1.807) is 0 Å². The highest BCUT2D eigenvalue weighted by Gasteiger charge is 2.29. The van der Waals surface area contributed by atoms with Crippen molar-refractivity contribution in [3.63, 3.8) is 0 Å². The third kappa shape index (κ3) is 1.89. The Bertz CT molecular complexity index is 116. The van der Waals surface area contributed by atoms with Crippen molar-refractivity contribution in [2.75, 3.05) is 6.61 Å². The van der Waals surface area contributed by atoms with Crippen LogP contribution in [0, 0.1) is 0 Å². The zero-order valence-corrected chi connectivity index (χ0v) is 7.83. The molecule has 0 saturated carbocycles. The highest BCUT2D eigenvalue weighted by molar-refractivity contribution is 8.01. The molecule has 1 saturated heterocycles. The molecule has 1 fully saturated rings. The predicted octanol–water partition coefficient (Wildman–Crippen LogP) is 2.65. The van der Waals surface area contributed by atoms with E-state index in [-0.39, 0.29) is 4.93 Å². The molecule has 0 aromatic heterocycles. The van der Waals surface area contributed by atoms with Crippen molar-refractivity contribution in [1.82, 2.24) is 0 Å². The van der Waals surface area contributed by atoms with Crippen LogP contribution in [0.2, 0.25) is 0 Å². The van der Waals surface area contributed by atoms with E-state index in [0.29, 0.717) is 0 Å². The summed E-state index contributed by atoms with van der Waals surface area (Å²) in [5.74, 6) is 0. The summed E-state index contributed by atoms with van der Waals surface area (Å²) in [5.41, 5.74) is 0. The number of rotatable bonds is 1. The molecule has 1 aliphatic rings. The smallest absolute Gasteiger partial charge is 0.110 e. The highest BCUT2D eigenvalue weighted by Crippen LogP contribution is 2.38. The van der Waals surface area contributed by atoms with E-state index in [4.69, 9.17) is 4.74 Å². The average molecular weight is 160 g/mol. The summed E-state index contributed by atoms with van der Waals surface area (Å²) < 4.78 is 5.65. The average Bonchev–Trinajstić information content (AvgIpc) is 1.88. The molecule has 0 amide bonds.